The van der Waals surface area contributed by atoms with Crippen LogP contribution in [0, 0.1) is 5.92 Å². The van der Waals surface area contributed by atoms with Crippen LogP contribution in [0.3, 0.4) is 0 Å². The van der Waals surface area contributed by atoms with Gasteiger partial charge in [-0.1, -0.05) is 23.7 Å². The van der Waals surface area contributed by atoms with Gasteiger partial charge in [0.1, 0.15) is 5.82 Å². The molecule has 0 aliphatic carbocycles. The number of hydrogen-bond donors (Lipinski definition) is 1. The summed E-state index contributed by atoms with van der Waals surface area (Å²) in [5, 5.41) is 7.50. The van der Waals surface area contributed by atoms with Crippen molar-refractivity contribution in [2.45, 2.75) is 19.0 Å². The molecule has 2 aromatic carbocycles. The maximum Gasteiger partial charge on any atom is 0.416 e. The second kappa shape index (κ2) is 9.27. The van der Waals surface area contributed by atoms with Gasteiger partial charge in [0.05, 0.1) is 17.2 Å². The lowest BCUT2D eigenvalue weighted by atomic mass is 9.97. The zero-order valence-electron chi connectivity index (χ0n) is 17.3. The number of amides is 1. The summed E-state index contributed by atoms with van der Waals surface area (Å²) in [5.74, 6) is -0.282. The fourth-order valence-corrected chi connectivity index (χ4v) is 3.96. The molecule has 172 valence electrons. The molecule has 1 aromatic heterocycles. The molecular weight excluding hydrogens is 457 g/mol. The molecule has 10 heteroatoms. The molecule has 0 radical (unpaired) electrons. The van der Waals surface area contributed by atoms with Crippen LogP contribution in [0.1, 0.15) is 18.4 Å². The SMILES string of the molecule is O=C(Nc1cccc(C(F)(F)F)c1)[C@@H]1CCCN(c2ccc(=O)n(-c3cccc(Cl)c3)n2)C1. The predicted octanol–water partition coefficient (Wildman–Crippen LogP) is 4.76. The standard InChI is InChI=1S/C23H20ClF3N4O2/c24-17-6-2-8-19(13-17)31-21(32)10-9-20(29-31)30-11-3-4-15(14-30)22(33)28-18-7-1-5-16(12-18)23(25,26)27/h1-2,5-10,12-13,15H,3-4,11,14H2,(H,28,33)/t15-/m1/s1. The van der Waals surface area contributed by atoms with E-state index in [1.807, 2.05) is 4.90 Å². The minimum Gasteiger partial charge on any atom is -0.354 e. The average Bonchev–Trinajstić information content (AvgIpc) is 2.79. The van der Waals surface area contributed by atoms with Crippen LogP contribution in [0.5, 0.6) is 0 Å². The van der Waals surface area contributed by atoms with Crippen LogP contribution in [-0.4, -0.2) is 28.8 Å². The quantitative estimate of drug-likeness (QED) is 0.589. The molecule has 3 aromatic rings. The monoisotopic (exact) mass is 476 g/mol. The molecule has 1 aliphatic heterocycles. The lowest BCUT2D eigenvalue weighted by Crippen LogP contribution is -2.41. The molecule has 1 amide bonds. The van der Waals surface area contributed by atoms with Gasteiger partial charge in [0.2, 0.25) is 5.91 Å². The molecule has 33 heavy (non-hydrogen) atoms. The van der Waals surface area contributed by atoms with Gasteiger partial charge in [-0.2, -0.15) is 17.9 Å². The zero-order valence-corrected chi connectivity index (χ0v) is 18.1. The predicted molar refractivity (Wildman–Crippen MR) is 120 cm³/mol. The minimum atomic E-state index is -4.49. The van der Waals surface area contributed by atoms with E-state index in [4.69, 9.17) is 11.6 Å². The molecule has 1 atom stereocenters. The summed E-state index contributed by atoms with van der Waals surface area (Å²) >= 11 is 6.03. The third-order valence-corrected chi connectivity index (χ3v) is 5.65. The molecule has 1 saturated heterocycles. The van der Waals surface area contributed by atoms with Gasteiger partial charge in [-0.05, 0) is 55.3 Å². The average molecular weight is 477 g/mol. The lowest BCUT2D eigenvalue weighted by Gasteiger charge is -2.33. The third-order valence-electron chi connectivity index (χ3n) is 5.41. The highest BCUT2D eigenvalue weighted by atomic mass is 35.5. The van der Waals surface area contributed by atoms with Gasteiger partial charge in [-0.25, -0.2) is 0 Å². The van der Waals surface area contributed by atoms with E-state index in [0.717, 1.165) is 12.1 Å². The van der Waals surface area contributed by atoms with Gasteiger partial charge < -0.3 is 10.2 Å². The van der Waals surface area contributed by atoms with Crippen LogP contribution in [0.2, 0.25) is 5.02 Å². The highest BCUT2D eigenvalue weighted by Gasteiger charge is 2.31. The van der Waals surface area contributed by atoms with Gasteiger partial charge >= 0.3 is 6.18 Å². The van der Waals surface area contributed by atoms with E-state index in [9.17, 15) is 22.8 Å². The number of rotatable bonds is 4. The first-order valence-electron chi connectivity index (χ1n) is 10.3. The van der Waals surface area contributed by atoms with Gasteiger partial charge in [0, 0.05) is 29.9 Å². The Bertz CT molecular complexity index is 1230. The molecule has 1 aliphatic rings. The Morgan fingerprint density at radius 1 is 1.09 bits per heavy atom. The molecule has 2 heterocycles. The molecule has 1 N–H and O–H groups in total. The number of aromatic nitrogens is 2. The van der Waals surface area contributed by atoms with Crippen LogP contribution in [0.25, 0.3) is 5.69 Å². The molecule has 4 rings (SSSR count). The number of nitrogens with zero attached hydrogens (tertiary/aromatic N) is 3. The number of halogens is 4. The van der Waals surface area contributed by atoms with Crippen molar-refractivity contribution < 1.29 is 18.0 Å². The van der Waals surface area contributed by atoms with Gasteiger partial charge in [0.15, 0.2) is 0 Å². The largest absolute Gasteiger partial charge is 0.416 e. The Kier molecular flexibility index (Phi) is 6.42. The van der Waals surface area contributed by atoms with E-state index < -0.39 is 17.7 Å². The highest BCUT2D eigenvalue weighted by Crippen LogP contribution is 2.31. The van der Waals surface area contributed by atoms with E-state index in [1.165, 1.54) is 22.9 Å². The van der Waals surface area contributed by atoms with E-state index in [1.54, 1.807) is 30.3 Å². The molecule has 0 bridgehead atoms. The maximum atomic E-state index is 12.9. The number of alkyl halides is 3. The van der Waals surface area contributed by atoms with Crippen molar-refractivity contribution in [1.82, 2.24) is 9.78 Å². The molecular formula is C23H20ClF3N4O2. The second-order valence-electron chi connectivity index (χ2n) is 7.77. The summed E-state index contributed by atoms with van der Waals surface area (Å²) in [6.45, 7) is 0.958. The molecule has 0 saturated carbocycles. The van der Waals surface area contributed by atoms with Crippen molar-refractivity contribution in [3.8, 4) is 5.69 Å². The zero-order chi connectivity index (χ0) is 23.6. The number of piperidine rings is 1. The smallest absolute Gasteiger partial charge is 0.354 e. The maximum absolute atomic E-state index is 12.9. The first kappa shape index (κ1) is 22.8. The number of benzene rings is 2. The molecule has 0 spiro atoms. The van der Waals surface area contributed by atoms with E-state index >= 15 is 0 Å². The van der Waals surface area contributed by atoms with E-state index in [0.29, 0.717) is 42.5 Å². The summed E-state index contributed by atoms with van der Waals surface area (Å²) < 4.78 is 40.1. The lowest BCUT2D eigenvalue weighted by molar-refractivity contribution is -0.137. The number of nitrogens with one attached hydrogen (secondary N) is 1. The second-order valence-corrected chi connectivity index (χ2v) is 8.21. The first-order valence-corrected chi connectivity index (χ1v) is 10.7. The van der Waals surface area contributed by atoms with Crippen molar-refractivity contribution >= 4 is 29.0 Å². The topological polar surface area (TPSA) is 67.2 Å². The molecule has 0 unspecified atom stereocenters. The summed E-state index contributed by atoms with van der Waals surface area (Å²) in [6.07, 6.45) is -3.20. The van der Waals surface area contributed by atoms with E-state index in [2.05, 4.69) is 10.4 Å². The van der Waals surface area contributed by atoms with Gasteiger partial charge in [-0.15, -0.1) is 5.10 Å². The van der Waals surface area contributed by atoms with Crippen LogP contribution >= 0.6 is 11.6 Å². The van der Waals surface area contributed by atoms with Crippen molar-refractivity contribution in [1.29, 1.82) is 0 Å². The van der Waals surface area contributed by atoms with Crippen LogP contribution in [-0.2, 0) is 11.0 Å². The van der Waals surface area contributed by atoms with E-state index in [-0.39, 0.29) is 17.2 Å². The normalized spacial score (nSPS) is 16.5. The first-order chi connectivity index (χ1) is 15.7. The minimum absolute atomic E-state index is 0.0968. The Morgan fingerprint density at radius 3 is 2.64 bits per heavy atom. The Labute approximate surface area is 192 Å². The fraction of sp³-hybridized carbons (Fsp3) is 0.261. The summed E-state index contributed by atoms with van der Waals surface area (Å²) in [4.78, 5) is 27.0. The summed E-state index contributed by atoms with van der Waals surface area (Å²) in [6, 6.07) is 14.3. The Hall–Kier alpha value is -3.33. The van der Waals surface area contributed by atoms with Crippen molar-refractivity contribution in [3.05, 3.63) is 81.6 Å². The van der Waals surface area contributed by atoms with Crippen LogP contribution in [0.4, 0.5) is 24.7 Å². The van der Waals surface area contributed by atoms with Gasteiger partial charge in [-0.3, -0.25) is 9.59 Å². The fourth-order valence-electron chi connectivity index (χ4n) is 3.78. The highest BCUT2D eigenvalue weighted by molar-refractivity contribution is 6.30. The number of carbonyl (C=O) groups excluding carboxylic acids is 1. The molecule has 6 nitrogen and oxygen atoms in total. The summed E-state index contributed by atoms with van der Waals surface area (Å²) in [5.41, 5.74) is -0.528. The van der Waals surface area contributed by atoms with Crippen molar-refractivity contribution in [3.63, 3.8) is 0 Å². The van der Waals surface area contributed by atoms with Crippen molar-refractivity contribution in [2.75, 3.05) is 23.3 Å². The Morgan fingerprint density at radius 2 is 1.88 bits per heavy atom. The van der Waals surface area contributed by atoms with Crippen LogP contribution in [0.15, 0.2) is 65.5 Å². The van der Waals surface area contributed by atoms with Crippen LogP contribution < -0.4 is 15.8 Å². The number of anilines is 2. The number of carbonyl (C=O) groups is 1. The Balaban J connectivity index is 1.50. The summed E-state index contributed by atoms with van der Waals surface area (Å²) in [7, 11) is 0. The van der Waals surface area contributed by atoms with Gasteiger partial charge in [0.25, 0.3) is 5.56 Å². The van der Waals surface area contributed by atoms with Crippen molar-refractivity contribution in [2.24, 2.45) is 5.92 Å². The third kappa shape index (κ3) is 5.36. The molecule has 1 fully saturated rings. The number of hydrogen-bond acceptors (Lipinski definition) is 4.